The maximum absolute atomic E-state index is 11.0. The Bertz CT molecular complexity index is 318. The predicted octanol–water partition coefficient (Wildman–Crippen LogP) is 1.52. The van der Waals surface area contributed by atoms with Crippen molar-refractivity contribution in [2.75, 3.05) is 7.11 Å². The number of esters is 1. The molecule has 1 aromatic heterocycles. The van der Waals surface area contributed by atoms with Crippen LogP contribution in [-0.2, 0) is 4.74 Å². The van der Waals surface area contributed by atoms with Gasteiger partial charge >= 0.3 is 5.97 Å². The van der Waals surface area contributed by atoms with Crippen LogP contribution in [0.1, 0.15) is 10.5 Å². The molecule has 1 aromatic rings. The molecule has 0 aromatic carbocycles. The summed E-state index contributed by atoms with van der Waals surface area (Å²) in [5.74, 6) is -0.555. The Morgan fingerprint density at radius 3 is 3.00 bits per heavy atom. The van der Waals surface area contributed by atoms with Crippen LogP contribution in [0.15, 0.2) is 6.20 Å². The SMILES string of the molecule is COC(=O)c1nc(I)ncc1Cl. The fourth-order valence-electron chi connectivity index (χ4n) is 0.585. The van der Waals surface area contributed by atoms with E-state index in [4.69, 9.17) is 11.6 Å². The van der Waals surface area contributed by atoms with Crippen LogP contribution in [0.25, 0.3) is 0 Å². The van der Waals surface area contributed by atoms with Gasteiger partial charge < -0.3 is 4.74 Å². The second kappa shape index (κ2) is 3.99. The first kappa shape index (κ1) is 9.66. The molecule has 0 aliphatic rings. The number of hydrogen-bond donors (Lipinski definition) is 0. The Morgan fingerprint density at radius 1 is 1.75 bits per heavy atom. The highest BCUT2D eigenvalue weighted by Gasteiger charge is 2.12. The monoisotopic (exact) mass is 298 g/mol. The molecule has 0 aliphatic heterocycles. The van der Waals surface area contributed by atoms with Gasteiger partial charge in [0.05, 0.1) is 18.3 Å². The molecule has 0 radical (unpaired) electrons. The first-order valence-corrected chi connectivity index (χ1v) is 4.37. The van der Waals surface area contributed by atoms with Crippen molar-refractivity contribution in [3.8, 4) is 0 Å². The van der Waals surface area contributed by atoms with Crippen LogP contribution < -0.4 is 0 Å². The molecule has 64 valence electrons. The fraction of sp³-hybridized carbons (Fsp3) is 0.167. The van der Waals surface area contributed by atoms with Crippen LogP contribution in [0, 0.1) is 3.83 Å². The number of ether oxygens (including phenoxy) is 1. The third kappa shape index (κ3) is 2.04. The van der Waals surface area contributed by atoms with Gasteiger partial charge in [-0.2, -0.15) is 0 Å². The average Bonchev–Trinajstić information content (AvgIpc) is 2.08. The van der Waals surface area contributed by atoms with Crippen LogP contribution in [0.3, 0.4) is 0 Å². The molecule has 0 atom stereocenters. The van der Waals surface area contributed by atoms with Crippen LogP contribution in [0.4, 0.5) is 0 Å². The molecule has 0 spiro atoms. The largest absolute Gasteiger partial charge is 0.464 e. The number of aromatic nitrogens is 2. The molecule has 0 aliphatic carbocycles. The summed E-state index contributed by atoms with van der Waals surface area (Å²) in [5.41, 5.74) is 0.0959. The molecule has 1 rings (SSSR count). The average molecular weight is 298 g/mol. The second-order valence-corrected chi connectivity index (χ2v) is 3.20. The third-order valence-electron chi connectivity index (χ3n) is 1.09. The van der Waals surface area contributed by atoms with E-state index in [1.807, 2.05) is 22.6 Å². The van der Waals surface area contributed by atoms with Gasteiger partial charge in [-0.1, -0.05) is 11.6 Å². The Hall–Kier alpha value is -0.430. The lowest BCUT2D eigenvalue weighted by molar-refractivity contribution is 0.0593. The van der Waals surface area contributed by atoms with Gasteiger partial charge in [-0.3, -0.25) is 0 Å². The molecule has 6 heteroatoms. The van der Waals surface area contributed by atoms with Gasteiger partial charge in [-0.25, -0.2) is 14.8 Å². The number of halogens is 2. The zero-order chi connectivity index (χ0) is 9.14. The van der Waals surface area contributed by atoms with E-state index in [1.165, 1.54) is 13.3 Å². The van der Waals surface area contributed by atoms with Crippen molar-refractivity contribution in [3.05, 3.63) is 20.7 Å². The summed E-state index contributed by atoms with van der Waals surface area (Å²) in [6, 6.07) is 0. The summed E-state index contributed by atoms with van der Waals surface area (Å²) < 4.78 is 4.91. The molecule has 1 heterocycles. The van der Waals surface area contributed by atoms with E-state index in [2.05, 4.69) is 14.7 Å². The molecule has 0 unspecified atom stereocenters. The van der Waals surface area contributed by atoms with Gasteiger partial charge in [0.2, 0.25) is 0 Å². The summed E-state index contributed by atoms with van der Waals surface area (Å²) in [6.45, 7) is 0. The fourth-order valence-corrected chi connectivity index (χ4v) is 1.13. The van der Waals surface area contributed by atoms with Gasteiger partial charge in [0.15, 0.2) is 9.53 Å². The summed E-state index contributed by atoms with van der Waals surface area (Å²) in [6.07, 6.45) is 1.36. The van der Waals surface area contributed by atoms with Crippen LogP contribution in [0.2, 0.25) is 5.02 Å². The maximum atomic E-state index is 11.0. The highest BCUT2D eigenvalue weighted by Crippen LogP contribution is 2.13. The smallest absolute Gasteiger partial charge is 0.358 e. The van der Waals surface area contributed by atoms with E-state index >= 15 is 0 Å². The highest BCUT2D eigenvalue weighted by atomic mass is 127. The zero-order valence-electron chi connectivity index (χ0n) is 6.04. The number of carbonyl (C=O) groups excluding carboxylic acids is 1. The van der Waals surface area contributed by atoms with Crippen molar-refractivity contribution in [2.45, 2.75) is 0 Å². The zero-order valence-corrected chi connectivity index (χ0v) is 8.96. The molecular formula is C6H4ClIN2O2. The standard InChI is InChI=1S/C6H4ClIN2O2/c1-12-5(11)4-3(7)2-9-6(8)10-4/h2H,1H3. The molecule has 0 amide bonds. The Morgan fingerprint density at radius 2 is 2.42 bits per heavy atom. The lowest BCUT2D eigenvalue weighted by Gasteiger charge is -1.99. The quantitative estimate of drug-likeness (QED) is 0.448. The van der Waals surface area contributed by atoms with E-state index in [-0.39, 0.29) is 10.7 Å². The number of carbonyl (C=O) groups is 1. The van der Waals surface area contributed by atoms with Crippen LogP contribution >= 0.6 is 34.2 Å². The lowest BCUT2D eigenvalue weighted by atomic mass is 10.4. The molecule has 0 bridgehead atoms. The first-order chi connectivity index (χ1) is 5.65. The third-order valence-corrected chi connectivity index (χ3v) is 1.89. The van der Waals surface area contributed by atoms with Crippen molar-refractivity contribution in [1.29, 1.82) is 0 Å². The maximum Gasteiger partial charge on any atom is 0.358 e. The Labute approximate surface area is 87.4 Å². The molecule has 0 saturated carbocycles. The van der Waals surface area contributed by atoms with Crippen molar-refractivity contribution < 1.29 is 9.53 Å². The van der Waals surface area contributed by atoms with Gasteiger partial charge in [0, 0.05) is 22.6 Å². The number of methoxy groups -OCH3 is 1. The topological polar surface area (TPSA) is 52.1 Å². The summed E-state index contributed by atoms with van der Waals surface area (Å²) in [4.78, 5) is 18.6. The van der Waals surface area contributed by atoms with Gasteiger partial charge in [-0.15, -0.1) is 0 Å². The van der Waals surface area contributed by atoms with E-state index in [9.17, 15) is 4.79 Å². The Kier molecular flexibility index (Phi) is 3.21. The summed E-state index contributed by atoms with van der Waals surface area (Å²) in [5, 5.41) is 0.197. The second-order valence-electron chi connectivity index (χ2n) is 1.83. The van der Waals surface area contributed by atoms with Gasteiger partial charge in [-0.05, 0) is 0 Å². The number of rotatable bonds is 1. The van der Waals surface area contributed by atoms with E-state index in [0.717, 1.165) is 0 Å². The predicted molar refractivity (Wildman–Crippen MR) is 51.1 cm³/mol. The Balaban J connectivity index is 3.13. The van der Waals surface area contributed by atoms with Crippen molar-refractivity contribution in [3.63, 3.8) is 0 Å². The van der Waals surface area contributed by atoms with Gasteiger partial charge in [0.25, 0.3) is 0 Å². The number of hydrogen-bond acceptors (Lipinski definition) is 4. The minimum atomic E-state index is -0.555. The van der Waals surface area contributed by atoms with E-state index in [0.29, 0.717) is 3.83 Å². The normalized spacial score (nSPS) is 9.58. The molecule has 12 heavy (non-hydrogen) atoms. The lowest BCUT2D eigenvalue weighted by Crippen LogP contribution is -2.07. The van der Waals surface area contributed by atoms with Crippen LogP contribution in [-0.4, -0.2) is 23.0 Å². The van der Waals surface area contributed by atoms with Crippen molar-refractivity contribution in [1.82, 2.24) is 9.97 Å². The molecular weight excluding hydrogens is 294 g/mol. The molecule has 0 fully saturated rings. The van der Waals surface area contributed by atoms with E-state index < -0.39 is 5.97 Å². The highest BCUT2D eigenvalue weighted by molar-refractivity contribution is 14.1. The summed E-state index contributed by atoms with van der Waals surface area (Å²) >= 11 is 7.52. The van der Waals surface area contributed by atoms with Crippen molar-refractivity contribution >= 4 is 40.2 Å². The summed E-state index contributed by atoms with van der Waals surface area (Å²) in [7, 11) is 1.27. The minimum Gasteiger partial charge on any atom is -0.464 e. The van der Waals surface area contributed by atoms with Crippen LogP contribution in [0.5, 0.6) is 0 Å². The molecule has 0 N–H and O–H groups in total. The minimum absolute atomic E-state index is 0.0959. The molecule has 0 saturated heterocycles. The first-order valence-electron chi connectivity index (χ1n) is 2.91. The van der Waals surface area contributed by atoms with Crippen molar-refractivity contribution in [2.24, 2.45) is 0 Å². The number of nitrogens with zero attached hydrogens (tertiary/aromatic N) is 2. The van der Waals surface area contributed by atoms with Gasteiger partial charge in [0.1, 0.15) is 0 Å². The molecule has 4 nitrogen and oxygen atoms in total. The van der Waals surface area contributed by atoms with E-state index in [1.54, 1.807) is 0 Å².